The van der Waals surface area contributed by atoms with Crippen LogP contribution in [-0.2, 0) is 20.9 Å². The minimum absolute atomic E-state index is 0.0222. The van der Waals surface area contributed by atoms with Gasteiger partial charge in [-0.25, -0.2) is 4.79 Å². The summed E-state index contributed by atoms with van der Waals surface area (Å²) in [5.41, 5.74) is -1.17. The number of aryl methyl sites for hydroxylation is 1. The number of hydrogen-bond acceptors (Lipinski definition) is 6. The maximum atomic E-state index is 12.0. The zero-order chi connectivity index (χ0) is 16.0. The van der Waals surface area contributed by atoms with Gasteiger partial charge in [-0.15, -0.1) is 0 Å². The van der Waals surface area contributed by atoms with Crippen LogP contribution in [0, 0.1) is 6.92 Å². The topological polar surface area (TPSA) is 115 Å². The number of nitrogens with one attached hydrogen (secondary N) is 1. The Balaban J connectivity index is 1.84. The molecule has 1 aromatic rings. The predicted molar refractivity (Wildman–Crippen MR) is 74.9 cm³/mol. The van der Waals surface area contributed by atoms with E-state index in [-0.39, 0.29) is 19.1 Å². The van der Waals surface area contributed by atoms with Crippen molar-refractivity contribution in [3.05, 3.63) is 11.7 Å². The molecule has 1 heterocycles. The van der Waals surface area contributed by atoms with Crippen LogP contribution >= 0.6 is 0 Å². The summed E-state index contributed by atoms with van der Waals surface area (Å²) in [5.74, 6) is -0.644. The standard InChI is InChI=1S/C14H21N3O5/c1-10-15-12(22-17-10)9-21-8-11(18)16-14(13(19)20)6-4-2-3-5-7-14/h2-9H2,1H3,(H,16,18)(H,19,20). The van der Waals surface area contributed by atoms with Crippen molar-refractivity contribution in [2.45, 2.75) is 57.6 Å². The molecule has 0 unspecified atom stereocenters. The van der Waals surface area contributed by atoms with Crippen LogP contribution in [0.25, 0.3) is 0 Å². The lowest BCUT2D eigenvalue weighted by molar-refractivity contribution is -0.149. The number of ether oxygens (including phenoxy) is 1. The van der Waals surface area contributed by atoms with E-state index in [2.05, 4.69) is 15.5 Å². The van der Waals surface area contributed by atoms with Gasteiger partial charge in [0.25, 0.3) is 5.89 Å². The van der Waals surface area contributed by atoms with E-state index in [1.165, 1.54) is 0 Å². The van der Waals surface area contributed by atoms with E-state index in [1.807, 2.05) is 0 Å². The minimum atomic E-state index is -1.17. The van der Waals surface area contributed by atoms with E-state index < -0.39 is 17.4 Å². The SMILES string of the molecule is Cc1noc(COCC(=O)NC2(C(=O)O)CCCCCC2)n1. The molecule has 0 bridgehead atoms. The summed E-state index contributed by atoms with van der Waals surface area (Å²) in [6.45, 7) is 1.47. The molecule has 8 nitrogen and oxygen atoms in total. The number of aliphatic carboxylic acids is 1. The summed E-state index contributed by atoms with van der Waals surface area (Å²) >= 11 is 0. The highest BCUT2D eigenvalue weighted by molar-refractivity contribution is 5.87. The Morgan fingerprint density at radius 1 is 1.32 bits per heavy atom. The van der Waals surface area contributed by atoms with Crippen LogP contribution in [0.5, 0.6) is 0 Å². The molecule has 0 atom stereocenters. The van der Waals surface area contributed by atoms with Gasteiger partial charge < -0.3 is 19.7 Å². The number of amides is 1. The Hall–Kier alpha value is -1.96. The molecule has 1 amide bonds. The maximum absolute atomic E-state index is 12.0. The maximum Gasteiger partial charge on any atom is 0.329 e. The fraction of sp³-hybridized carbons (Fsp3) is 0.714. The van der Waals surface area contributed by atoms with Gasteiger partial charge in [0.15, 0.2) is 5.82 Å². The fourth-order valence-corrected chi connectivity index (χ4v) is 2.66. The van der Waals surface area contributed by atoms with Crippen molar-refractivity contribution in [2.75, 3.05) is 6.61 Å². The quantitative estimate of drug-likeness (QED) is 0.758. The van der Waals surface area contributed by atoms with Gasteiger partial charge in [0.05, 0.1) is 0 Å². The van der Waals surface area contributed by atoms with E-state index >= 15 is 0 Å². The van der Waals surface area contributed by atoms with Gasteiger partial charge >= 0.3 is 5.97 Å². The second-order valence-electron chi connectivity index (χ2n) is 5.58. The monoisotopic (exact) mass is 311 g/mol. The lowest BCUT2D eigenvalue weighted by Gasteiger charge is -2.29. The van der Waals surface area contributed by atoms with Gasteiger partial charge in [-0.05, 0) is 19.8 Å². The number of nitrogens with zero attached hydrogens (tertiary/aromatic N) is 2. The molecule has 0 aliphatic heterocycles. The first kappa shape index (κ1) is 16.4. The number of aromatic nitrogens is 2. The van der Waals surface area contributed by atoms with Gasteiger partial charge in [0, 0.05) is 0 Å². The molecule has 1 aliphatic carbocycles. The molecule has 22 heavy (non-hydrogen) atoms. The van der Waals surface area contributed by atoms with Crippen LogP contribution in [0.2, 0.25) is 0 Å². The molecule has 0 spiro atoms. The smallest absolute Gasteiger partial charge is 0.329 e. The molecule has 1 fully saturated rings. The van der Waals surface area contributed by atoms with E-state index in [9.17, 15) is 14.7 Å². The van der Waals surface area contributed by atoms with Crippen molar-refractivity contribution in [1.82, 2.24) is 15.5 Å². The Bertz CT molecular complexity index is 520. The Labute approximate surface area is 128 Å². The van der Waals surface area contributed by atoms with Gasteiger partial charge in [-0.2, -0.15) is 4.98 Å². The molecule has 122 valence electrons. The van der Waals surface area contributed by atoms with Crippen LogP contribution in [0.15, 0.2) is 4.52 Å². The summed E-state index contributed by atoms with van der Waals surface area (Å²) in [6.07, 6.45) is 4.51. The van der Waals surface area contributed by atoms with Crippen LogP contribution in [0.4, 0.5) is 0 Å². The second kappa shape index (κ2) is 7.35. The average molecular weight is 311 g/mol. The van der Waals surface area contributed by atoms with Crippen LogP contribution in [0.3, 0.4) is 0 Å². The van der Waals surface area contributed by atoms with Gasteiger partial charge in [0.2, 0.25) is 5.91 Å². The average Bonchev–Trinajstić information content (AvgIpc) is 2.73. The van der Waals surface area contributed by atoms with E-state index in [0.29, 0.717) is 18.7 Å². The lowest BCUT2D eigenvalue weighted by Crippen LogP contribution is -2.55. The summed E-state index contributed by atoms with van der Waals surface area (Å²) in [5, 5.41) is 15.7. The minimum Gasteiger partial charge on any atom is -0.480 e. The molecule has 1 aromatic heterocycles. The summed E-state index contributed by atoms with van der Waals surface area (Å²) in [4.78, 5) is 27.5. The van der Waals surface area contributed by atoms with Crippen LogP contribution in [-0.4, -0.2) is 39.3 Å². The number of carbonyl (C=O) groups excluding carboxylic acids is 1. The molecular weight excluding hydrogens is 290 g/mol. The third kappa shape index (κ3) is 4.27. The summed E-state index contributed by atoms with van der Waals surface area (Å²) in [6, 6.07) is 0. The lowest BCUT2D eigenvalue weighted by atomic mass is 9.90. The first-order valence-corrected chi connectivity index (χ1v) is 7.43. The molecule has 1 aliphatic rings. The fourth-order valence-electron chi connectivity index (χ4n) is 2.66. The van der Waals surface area contributed by atoms with Gasteiger partial charge in [0.1, 0.15) is 18.8 Å². The number of rotatable bonds is 6. The van der Waals surface area contributed by atoms with Crippen molar-refractivity contribution < 1.29 is 24.0 Å². The molecule has 2 N–H and O–H groups in total. The largest absolute Gasteiger partial charge is 0.480 e. The van der Waals surface area contributed by atoms with E-state index in [0.717, 1.165) is 25.7 Å². The first-order chi connectivity index (χ1) is 10.5. The molecule has 8 heteroatoms. The highest BCUT2D eigenvalue weighted by Crippen LogP contribution is 2.27. The highest BCUT2D eigenvalue weighted by atomic mass is 16.5. The highest BCUT2D eigenvalue weighted by Gasteiger charge is 2.39. The molecule has 2 rings (SSSR count). The Morgan fingerprint density at radius 2 is 2.00 bits per heavy atom. The summed E-state index contributed by atoms with van der Waals surface area (Å²) in [7, 11) is 0. The molecule has 0 radical (unpaired) electrons. The number of carboxylic acid groups (broad SMARTS) is 1. The normalized spacial score (nSPS) is 17.7. The predicted octanol–water partition coefficient (Wildman–Crippen LogP) is 1.19. The van der Waals surface area contributed by atoms with Crippen molar-refractivity contribution in [1.29, 1.82) is 0 Å². The number of hydrogen-bond donors (Lipinski definition) is 2. The first-order valence-electron chi connectivity index (χ1n) is 7.43. The van der Waals surface area contributed by atoms with Crippen molar-refractivity contribution >= 4 is 11.9 Å². The molecule has 1 saturated carbocycles. The van der Waals surface area contributed by atoms with Crippen molar-refractivity contribution in [3.63, 3.8) is 0 Å². The Kier molecular flexibility index (Phi) is 5.48. The zero-order valence-electron chi connectivity index (χ0n) is 12.6. The zero-order valence-corrected chi connectivity index (χ0v) is 12.6. The van der Waals surface area contributed by atoms with Crippen LogP contribution < -0.4 is 5.32 Å². The summed E-state index contributed by atoms with van der Waals surface area (Å²) < 4.78 is 10.0. The molecule has 0 saturated heterocycles. The van der Waals surface area contributed by atoms with Crippen molar-refractivity contribution in [3.8, 4) is 0 Å². The van der Waals surface area contributed by atoms with Crippen molar-refractivity contribution in [2.24, 2.45) is 0 Å². The van der Waals surface area contributed by atoms with Crippen LogP contribution in [0.1, 0.15) is 50.2 Å². The third-order valence-corrected chi connectivity index (χ3v) is 3.77. The molecule has 0 aromatic carbocycles. The third-order valence-electron chi connectivity index (χ3n) is 3.77. The van der Waals surface area contributed by atoms with Gasteiger partial charge in [-0.1, -0.05) is 30.8 Å². The molecular formula is C14H21N3O5. The van der Waals surface area contributed by atoms with E-state index in [4.69, 9.17) is 9.26 Å². The number of carbonyl (C=O) groups is 2. The van der Waals surface area contributed by atoms with Gasteiger partial charge in [-0.3, -0.25) is 4.79 Å². The Morgan fingerprint density at radius 3 is 2.55 bits per heavy atom. The second-order valence-corrected chi connectivity index (χ2v) is 5.58. The van der Waals surface area contributed by atoms with E-state index in [1.54, 1.807) is 6.92 Å². The number of carboxylic acids is 1.